The van der Waals surface area contributed by atoms with Gasteiger partial charge >= 0.3 is 0 Å². The fraction of sp³-hybridized carbons (Fsp3) is 0.294. The fourth-order valence-corrected chi connectivity index (χ4v) is 5.52. The molecule has 0 spiro atoms. The van der Waals surface area contributed by atoms with Crippen LogP contribution in [-0.2, 0) is 21.6 Å². The third kappa shape index (κ3) is 4.15. The van der Waals surface area contributed by atoms with Crippen molar-refractivity contribution in [1.82, 2.24) is 0 Å². The van der Waals surface area contributed by atoms with Crippen molar-refractivity contribution in [3.63, 3.8) is 0 Å². The molecule has 0 fully saturated rings. The largest absolute Gasteiger partial charge is 0.223 e. The minimum absolute atomic E-state index is 0.397. The average Bonchev–Trinajstić information content (AvgIpc) is 2.53. The van der Waals surface area contributed by atoms with E-state index in [1.807, 2.05) is 43.5 Å². The number of hydrogen-bond acceptors (Lipinski definition) is 3. The van der Waals surface area contributed by atoms with Crippen molar-refractivity contribution in [1.29, 1.82) is 0 Å². The topological polar surface area (TPSA) is 34.1 Å². The van der Waals surface area contributed by atoms with E-state index in [-0.39, 0.29) is 0 Å². The van der Waals surface area contributed by atoms with Crippen molar-refractivity contribution < 1.29 is 8.42 Å². The molecule has 5 heteroatoms. The summed E-state index contributed by atoms with van der Waals surface area (Å²) in [4.78, 5) is 0.397. The maximum Gasteiger partial charge on any atom is 0.190 e. The van der Waals surface area contributed by atoms with E-state index in [2.05, 4.69) is 22.0 Å². The summed E-state index contributed by atoms with van der Waals surface area (Å²) in [6, 6.07) is 15.1. The predicted octanol–water partition coefficient (Wildman–Crippen LogP) is 4.60. The smallest absolute Gasteiger partial charge is 0.190 e. The summed E-state index contributed by atoms with van der Waals surface area (Å²) in [6.07, 6.45) is 2.36. The van der Waals surface area contributed by atoms with Crippen LogP contribution in [0.3, 0.4) is 0 Å². The minimum atomic E-state index is -3.33. The second kappa shape index (κ2) is 7.66. The Morgan fingerprint density at radius 1 is 1.09 bits per heavy atom. The minimum Gasteiger partial charge on any atom is -0.223 e. The Morgan fingerprint density at radius 2 is 1.73 bits per heavy atom. The molecule has 1 atom stereocenters. The highest BCUT2D eigenvalue weighted by molar-refractivity contribution is 9.08. The van der Waals surface area contributed by atoms with Crippen LogP contribution in [0.2, 0.25) is 0 Å². The molecular weight excluding hydrogens is 380 g/mol. The van der Waals surface area contributed by atoms with Crippen molar-refractivity contribution in [2.75, 3.05) is 6.26 Å². The molecule has 0 saturated heterocycles. The zero-order chi connectivity index (χ0) is 16.2. The number of sulfone groups is 1. The third-order valence-electron chi connectivity index (χ3n) is 3.51. The van der Waals surface area contributed by atoms with Crippen LogP contribution in [-0.4, -0.2) is 19.3 Å². The molecule has 0 aliphatic rings. The van der Waals surface area contributed by atoms with E-state index in [4.69, 9.17) is 0 Å². The maximum atomic E-state index is 12.8. The van der Waals surface area contributed by atoms with Gasteiger partial charge in [-0.15, -0.1) is 11.8 Å². The first-order valence-electron chi connectivity index (χ1n) is 6.94. The van der Waals surface area contributed by atoms with Gasteiger partial charge in [0, 0.05) is 5.33 Å². The van der Waals surface area contributed by atoms with Gasteiger partial charge in [0.1, 0.15) is 4.58 Å². The van der Waals surface area contributed by atoms with Crippen molar-refractivity contribution >= 4 is 37.5 Å². The zero-order valence-corrected chi connectivity index (χ0v) is 15.8. The van der Waals surface area contributed by atoms with Gasteiger partial charge in [0.2, 0.25) is 0 Å². The lowest BCUT2D eigenvalue weighted by molar-refractivity contribution is 0.592. The molecule has 1 unspecified atom stereocenters. The summed E-state index contributed by atoms with van der Waals surface area (Å²) in [5, 5.41) is 0.773. The molecule has 0 saturated carbocycles. The first-order chi connectivity index (χ1) is 10.5. The summed E-state index contributed by atoms with van der Waals surface area (Å²) >= 11 is 4.82. The number of aryl methyl sites for hydroxylation is 1. The number of thioether (sulfide) groups is 1. The van der Waals surface area contributed by atoms with Gasteiger partial charge in [-0.3, -0.25) is 0 Å². The Labute approximate surface area is 145 Å². The summed E-state index contributed by atoms with van der Waals surface area (Å²) in [5.74, 6) is 0. The van der Waals surface area contributed by atoms with Crippen molar-refractivity contribution in [2.45, 2.75) is 28.2 Å². The first kappa shape index (κ1) is 17.6. The number of hydrogen-bond donors (Lipinski definition) is 0. The van der Waals surface area contributed by atoms with Crippen LogP contribution in [0.4, 0.5) is 0 Å². The molecule has 0 aliphatic heterocycles. The van der Waals surface area contributed by atoms with Gasteiger partial charge in [0.05, 0.1) is 4.90 Å². The molecule has 22 heavy (non-hydrogen) atoms. The van der Waals surface area contributed by atoms with Gasteiger partial charge < -0.3 is 0 Å². The standard InChI is InChI=1S/C17H19BrO2S2/c1-13-6-8-16(9-7-13)22(19,20)17(21-2)11-14-4-3-5-15(10-14)12-18/h3-10,17H,11-12H2,1-2H3. The number of benzene rings is 2. The van der Waals surface area contributed by atoms with E-state index in [1.54, 1.807) is 12.1 Å². The molecule has 0 N–H and O–H groups in total. The molecule has 0 bridgehead atoms. The highest BCUT2D eigenvalue weighted by Gasteiger charge is 2.26. The lowest BCUT2D eigenvalue weighted by atomic mass is 10.1. The molecular formula is C17H19BrO2S2. The third-order valence-corrected chi connectivity index (χ3v) is 7.97. The van der Waals surface area contributed by atoms with Crippen LogP contribution in [0.1, 0.15) is 16.7 Å². The van der Waals surface area contributed by atoms with Gasteiger partial charge in [-0.05, 0) is 42.9 Å². The van der Waals surface area contributed by atoms with E-state index >= 15 is 0 Å². The predicted molar refractivity (Wildman–Crippen MR) is 98.4 cm³/mol. The van der Waals surface area contributed by atoms with Crippen LogP contribution >= 0.6 is 27.7 Å². The van der Waals surface area contributed by atoms with Crippen LogP contribution in [0.15, 0.2) is 53.4 Å². The van der Waals surface area contributed by atoms with Gasteiger partial charge in [-0.2, -0.15) is 0 Å². The highest BCUT2D eigenvalue weighted by Crippen LogP contribution is 2.27. The van der Waals surface area contributed by atoms with E-state index in [1.165, 1.54) is 11.8 Å². The lowest BCUT2D eigenvalue weighted by Gasteiger charge is -2.16. The monoisotopic (exact) mass is 398 g/mol. The second-order valence-corrected chi connectivity index (χ2v) is 9.21. The molecule has 0 aromatic heterocycles. The Bertz CT molecular complexity index is 725. The van der Waals surface area contributed by atoms with Crippen LogP contribution in [0.25, 0.3) is 0 Å². The second-order valence-electron chi connectivity index (χ2n) is 5.18. The Morgan fingerprint density at radius 3 is 2.32 bits per heavy atom. The number of alkyl halides is 1. The van der Waals surface area contributed by atoms with Crippen LogP contribution in [0.5, 0.6) is 0 Å². The Balaban J connectivity index is 2.28. The molecule has 2 nitrogen and oxygen atoms in total. The summed E-state index contributed by atoms with van der Waals surface area (Å²) < 4.78 is 25.1. The lowest BCUT2D eigenvalue weighted by Crippen LogP contribution is -2.20. The van der Waals surface area contributed by atoms with Crippen molar-refractivity contribution in [3.8, 4) is 0 Å². The van der Waals surface area contributed by atoms with Crippen molar-refractivity contribution in [3.05, 3.63) is 65.2 Å². The van der Waals surface area contributed by atoms with E-state index in [9.17, 15) is 8.42 Å². The number of rotatable bonds is 6. The molecule has 2 aromatic carbocycles. The van der Waals surface area contributed by atoms with Gasteiger partial charge in [0.25, 0.3) is 0 Å². The summed E-state index contributed by atoms with van der Waals surface area (Å²) in [7, 11) is -3.33. The molecule has 0 heterocycles. The van der Waals surface area contributed by atoms with Gasteiger partial charge in [0.15, 0.2) is 9.84 Å². The van der Waals surface area contributed by atoms with Gasteiger partial charge in [-0.25, -0.2) is 8.42 Å². The Kier molecular flexibility index (Phi) is 6.12. The average molecular weight is 399 g/mol. The van der Waals surface area contributed by atoms with Crippen molar-refractivity contribution in [2.24, 2.45) is 0 Å². The van der Waals surface area contributed by atoms with E-state index in [0.717, 1.165) is 22.0 Å². The fourth-order valence-electron chi connectivity index (χ4n) is 2.23. The first-order valence-corrected chi connectivity index (χ1v) is 10.9. The number of halogens is 1. The molecule has 0 amide bonds. The quantitative estimate of drug-likeness (QED) is 0.666. The molecule has 2 rings (SSSR count). The SMILES string of the molecule is CSC(Cc1cccc(CBr)c1)S(=O)(=O)c1ccc(C)cc1. The normalized spacial score (nSPS) is 13.0. The highest BCUT2D eigenvalue weighted by atomic mass is 79.9. The summed E-state index contributed by atoms with van der Waals surface area (Å²) in [5.41, 5.74) is 3.27. The molecule has 0 aliphatic carbocycles. The maximum absolute atomic E-state index is 12.8. The Hall–Kier alpha value is -0.780. The van der Waals surface area contributed by atoms with E-state index < -0.39 is 14.4 Å². The molecule has 118 valence electrons. The summed E-state index contributed by atoms with van der Waals surface area (Å²) in [6.45, 7) is 1.95. The molecule has 0 radical (unpaired) electrons. The molecule has 2 aromatic rings. The van der Waals surface area contributed by atoms with Crippen LogP contribution in [0, 0.1) is 6.92 Å². The van der Waals surface area contributed by atoms with E-state index in [0.29, 0.717) is 11.3 Å². The zero-order valence-electron chi connectivity index (χ0n) is 12.6. The van der Waals surface area contributed by atoms with Gasteiger partial charge in [-0.1, -0.05) is 57.9 Å². The van der Waals surface area contributed by atoms with Crippen LogP contribution < -0.4 is 0 Å².